The zero-order valence-electron chi connectivity index (χ0n) is 13.2. The Balaban J connectivity index is 1.87. The number of furan rings is 1. The molecule has 24 heavy (non-hydrogen) atoms. The predicted octanol–water partition coefficient (Wildman–Crippen LogP) is 2.42. The molecule has 0 aromatic carbocycles. The summed E-state index contributed by atoms with van der Waals surface area (Å²) in [4.78, 5) is 30.7. The van der Waals surface area contributed by atoms with Crippen molar-refractivity contribution in [1.82, 2.24) is 9.88 Å². The molecule has 1 fully saturated rings. The van der Waals surface area contributed by atoms with Crippen molar-refractivity contribution in [3.05, 3.63) is 29.0 Å². The van der Waals surface area contributed by atoms with Gasteiger partial charge in [0, 0.05) is 24.1 Å². The van der Waals surface area contributed by atoms with E-state index in [0.29, 0.717) is 42.5 Å². The first kappa shape index (κ1) is 16.7. The molecule has 1 N–H and O–H groups in total. The number of carbonyl (C=O) groups is 2. The molecule has 0 aliphatic carbocycles. The number of aromatic nitrogens is 1. The molecule has 1 aliphatic heterocycles. The summed E-state index contributed by atoms with van der Waals surface area (Å²) in [5.74, 6) is -0.789. The number of hydrogen-bond donors (Lipinski definition) is 1. The highest BCUT2D eigenvalue weighted by Crippen LogP contribution is 2.29. The maximum atomic E-state index is 12.9. The lowest BCUT2D eigenvalue weighted by Gasteiger charge is -2.32. The summed E-state index contributed by atoms with van der Waals surface area (Å²) in [5, 5.41) is 9.79. The molecule has 2 aromatic rings. The molecule has 0 spiro atoms. The number of amides is 1. The minimum absolute atomic E-state index is 0.143. The Kier molecular flexibility index (Phi) is 4.96. The molecule has 1 saturated heterocycles. The Hall–Kier alpha value is -2.19. The Bertz CT molecular complexity index is 719. The number of carboxylic acids is 1. The van der Waals surface area contributed by atoms with Crippen LogP contribution in [0.1, 0.15) is 28.2 Å². The van der Waals surface area contributed by atoms with E-state index in [1.165, 1.54) is 16.2 Å². The van der Waals surface area contributed by atoms with Crippen LogP contribution >= 0.6 is 11.3 Å². The number of carbonyl (C=O) groups excluding carboxylic acids is 1. The van der Waals surface area contributed by atoms with Crippen LogP contribution in [-0.2, 0) is 9.53 Å². The van der Waals surface area contributed by atoms with Crippen molar-refractivity contribution in [2.45, 2.75) is 25.8 Å². The van der Waals surface area contributed by atoms with E-state index in [1.54, 1.807) is 25.3 Å². The second-order valence-electron chi connectivity index (χ2n) is 5.57. The largest absolute Gasteiger partial charge is 0.480 e. The predicted molar refractivity (Wildman–Crippen MR) is 87.1 cm³/mol. The first-order valence-corrected chi connectivity index (χ1v) is 8.49. The third-order valence-electron chi connectivity index (χ3n) is 3.93. The SMILES string of the molecule is Cc1sc(-c2ccco2)nc1C(=O)N(CC(=O)O)C1CCOCC1. The highest BCUT2D eigenvalue weighted by molar-refractivity contribution is 7.15. The molecule has 2 aromatic heterocycles. The molecule has 0 radical (unpaired) electrons. The van der Waals surface area contributed by atoms with Gasteiger partial charge in [-0.15, -0.1) is 11.3 Å². The zero-order chi connectivity index (χ0) is 17.1. The number of aliphatic carboxylic acids is 1. The van der Waals surface area contributed by atoms with E-state index in [0.717, 1.165) is 4.88 Å². The van der Waals surface area contributed by atoms with Gasteiger partial charge in [0.05, 0.1) is 6.26 Å². The van der Waals surface area contributed by atoms with Crippen LogP contribution in [0.2, 0.25) is 0 Å². The molecule has 8 heteroatoms. The molecule has 7 nitrogen and oxygen atoms in total. The van der Waals surface area contributed by atoms with E-state index in [1.807, 2.05) is 0 Å². The zero-order valence-corrected chi connectivity index (χ0v) is 14.0. The van der Waals surface area contributed by atoms with Crippen molar-refractivity contribution in [2.24, 2.45) is 0 Å². The summed E-state index contributed by atoms with van der Waals surface area (Å²) in [6, 6.07) is 3.39. The summed E-state index contributed by atoms with van der Waals surface area (Å²) in [7, 11) is 0. The summed E-state index contributed by atoms with van der Waals surface area (Å²) in [5.41, 5.74) is 0.291. The van der Waals surface area contributed by atoms with E-state index in [9.17, 15) is 14.7 Å². The van der Waals surface area contributed by atoms with Crippen molar-refractivity contribution >= 4 is 23.2 Å². The van der Waals surface area contributed by atoms with Gasteiger partial charge in [0.2, 0.25) is 0 Å². The average Bonchev–Trinajstić information content (AvgIpc) is 3.22. The smallest absolute Gasteiger partial charge is 0.323 e. The van der Waals surface area contributed by atoms with E-state index < -0.39 is 5.97 Å². The first-order chi connectivity index (χ1) is 11.6. The van der Waals surface area contributed by atoms with Crippen LogP contribution in [0.3, 0.4) is 0 Å². The number of rotatable bonds is 5. The molecule has 3 heterocycles. The van der Waals surface area contributed by atoms with Crippen molar-refractivity contribution < 1.29 is 23.8 Å². The Morgan fingerprint density at radius 3 is 2.79 bits per heavy atom. The minimum atomic E-state index is -1.03. The van der Waals surface area contributed by atoms with Crippen molar-refractivity contribution in [3.63, 3.8) is 0 Å². The topological polar surface area (TPSA) is 92.9 Å². The molecule has 1 aliphatic rings. The molecule has 0 saturated carbocycles. The minimum Gasteiger partial charge on any atom is -0.480 e. The molecular formula is C16H18N2O5S. The van der Waals surface area contributed by atoms with Gasteiger partial charge >= 0.3 is 5.97 Å². The van der Waals surface area contributed by atoms with Crippen LogP contribution in [0.5, 0.6) is 0 Å². The fourth-order valence-electron chi connectivity index (χ4n) is 2.75. The van der Waals surface area contributed by atoms with Gasteiger partial charge in [0.1, 0.15) is 12.2 Å². The third kappa shape index (κ3) is 3.49. The molecule has 0 bridgehead atoms. The fourth-order valence-corrected chi connectivity index (χ4v) is 3.62. The van der Waals surface area contributed by atoms with E-state index in [4.69, 9.17) is 9.15 Å². The van der Waals surface area contributed by atoms with Crippen LogP contribution in [0, 0.1) is 6.92 Å². The summed E-state index contributed by atoms with van der Waals surface area (Å²) >= 11 is 1.36. The van der Waals surface area contributed by atoms with E-state index >= 15 is 0 Å². The van der Waals surface area contributed by atoms with Gasteiger partial charge in [-0.1, -0.05) is 0 Å². The van der Waals surface area contributed by atoms with Gasteiger partial charge < -0.3 is 19.2 Å². The summed E-state index contributed by atoms with van der Waals surface area (Å²) in [6.45, 7) is 2.53. The highest BCUT2D eigenvalue weighted by Gasteiger charge is 2.31. The van der Waals surface area contributed by atoms with Crippen molar-refractivity contribution in [1.29, 1.82) is 0 Å². The van der Waals surface area contributed by atoms with Gasteiger partial charge in [0.15, 0.2) is 10.8 Å². The number of ether oxygens (including phenoxy) is 1. The van der Waals surface area contributed by atoms with Crippen molar-refractivity contribution in [3.8, 4) is 10.8 Å². The lowest BCUT2D eigenvalue weighted by molar-refractivity contribution is -0.138. The number of carboxylic acid groups (broad SMARTS) is 1. The van der Waals surface area contributed by atoms with Gasteiger partial charge in [-0.05, 0) is 31.9 Å². The van der Waals surface area contributed by atoms with Gasteiger partial charge in [-0.2, -0.15) is 0 Å². The van der Waals surface area contributed by atoms with Crippen LogP contribution < -0.4 is 0 Å². The number of nitrogens with zero attached hydrogens (tertiary/aromatic N) is 2. The average molecular weight is 350 g/mol. The first-order valence-electron chi connectivity index (χ1n) is 7.68. The number of thiazole rings is 1. The lowest BCUT2D eigenvalue weighted by Crippen LogP contribution is -2.46. The van der Waals surface area contributed by atoms with Gasteiger partial charge in [-0.3, -0.25) is 9.59 Å². The molecule has 0 atom stereocenters. The van der Waals surface area contributed by atoms with Crippen LogP contribution in [0.25, 0.3) is 10.8 Å². The second-order valence-corrected chi connectivity index (χ2v) is 6.77. The fraction of sp³-hybridized carbons (Fsp3) is 0.438. The Morgan fingerprint density at radius 1 is 1.42 bits per heavy atom. The summed E-state index contributed by atoms with van der Waals surface area (Å²) in [6.07, 6.45) is 2.81. The van der Waals surface area contributed by atoms with Gasteiger partial charge in [0.25, 0.3) is 5.91 Å². The van der Waals surface area contributed by atoms with E-state index in [2.05, 4.69) is 4.98 Å². The molecule has 0 unspecified atom stereocenters. The van der Waals surface area contributed by atoms with Crippen LogP contribution in [-0.4, -0.2) is 52.7 Å². The molecule has 3 rings (SSSR count). The standard InChI is InChI=1S/C16H18N2O5S/c1-10-14(17-15(24-10)12-3-2-6-23-12)16(21)18(9-13(19)20)11-4-7-22-8-5-11/h2-3,6,11H,4-5,7-9H2,1H3,(H,19,20). The van der Waals surface area contributed by atoms with Crippen molar-refractivity contribution in [2.75, 3.05) is 19.8 Å². The lowest BCUT2D eigenvalue weighted by atomic mass is 10.1. The Morgan fingerprint density at radius 2 is 2.17 bits per heavy atom. The normalized spacial score (nSPS) is 15.4. The number of aryl methyl sites for hydroxylation is 1. The molecular weight excluding hydrogens is 332 g/mol. The maximum Gasteiger partial charge on any atom is 0.323 e. The van der Waals surface area contributed by atoms with E-state index in [-0.39, 0.29) is 18.5 Å². The maximum absolute atomic E-state index is 12.9. The molecule has 128 valence electrons. The van der Waals surface area contributed by atoms with Gasteiger partial charge in [-0.25, -0.2) is 4.98 Å². The highest BCUT2D eigenvalue weighted by atomic mass is 32.1. The quantitative estimate of drug-likeness (QED) is 0.890. The van der Waals surface area contributed by atoms with Crippen LogP contribution in [0.4, 0.5) is 0 Å². The third-order valence-corrected chi connectivity index (χ3v) is 4.91. The molecule has 1 amide bonds. The monoisotopic (exact) mass is 350 g/mol. The van der Waals surface area contributed by atoms with Crippen LogP contribution in [0.15, 0.2) is 22.8 Å². The Labute approximate surface area is 142 Å². The second kappa shape index (κ2) is 7.14. The summed E-state index contributed by atoms with van der Waals surface area (Å²) < 4.78 is 10.6. The number of hydrogen-bond acceptors (Lipinski definition) is 6.